The molecule has 152 valence electrons. The summed E-state index contributed by atoms with van der Waals surface area (Å²) >= 11 is 0. The highest BCUT2D eigenvalue weighted by atomic mass is 32.2. The van der Waals surface area contributed by atoms with Crippen molar-refractivity contribution in [3.8, 4) is 5.82 Å². The molecule has 2 aromatic carbocycles. The van der Waals surface area contributed by atoms with Gasteiger partial charge in [0.25, 0.3) is 5.56 Å². The normalized spacial score (nSPS) is 12.1. The Morgan fingerprint density at radius 2 is 1.60 bits per heavy atom. The van der Waals surface area contributed by atoms with Crippen molar-refractivity contribution in [2.45, 2.75) is 18.7 Å². The number of nitrogens with two attached hydrogens (primary N) is 1. The maximum Gasteiger partial charge on any atom is 0.292 e. The van der Waals surface area contributed by atoms with E-state index in [-0.39, 0.29) is 10.6 Å². The SMILES string of the molecule is Cc1nc2ccccc2nc1-n1[nH]c(=O)c(N=Nc2ccc(S(N)(=O)=O)cc2)c1C. The number of aryl methyl sites for hydroxylation is 1. The summed E-state index contributed by atoms with van der Waals surface area (Å²) in [4.78, 5) is 21.5. The van der Waals surface area contributed by atoms with Crippen LogP contribution in [-0.2, 0) is 10.0 Å². The highest BCUT2D eigenvalue weighted by molar-refractivity contribution is 7.89. The zero-order valence-corrected chi connectivity index (χ0v) is 16.9. The number of fused-ring (bicyclic) bond motifs is 1. The van der Waals surface area contributed by atoms with Crippen molar-refractivity contribution in [1.82, 2.24) is 19.7 Å². The van der Waals surface area contributed by atoms with Crippen molar-refractivity contribution < 1.29 is 8.42 Å². The van der Waals surface area contributed by atoms with Crippen LogP contribution < -0.4 is 10.7 Å². The highest BCUT2D eigenvalue weighted by Crippen LogP contribution is 2.23. The molecule has 11 heteroatoms. The molecule has 0 saturated carbocycles. The number of hydrogen-bond donors (Lipinski definition) is 2. The van der Waals surface area contributed by atoms with E-state index in [1.807, 2.05) is 24.3 Å². The van der Waals surface area contributed by atoms with Gasteiger partial charge in [0.15, 0.2) is 11.5 Å². The fraction of sp³-hybridized carbons (Fsp3) is 0.105. The average Bonchev–Trinajstić information content (AvgIpc) is 2.99. The topological polar surface area (TPSA) is 148 Å². The van der Waals surface area contributed by atoms with Gasteiger partial charge in [-0.15, -0.1) is 5.11 Å². The minimum atomic E-state index is -3.79. The molecule has 0 unspecified atom stereocenters. The summed E-state index contributed by atoms with van der Waals surface area (Å²) in [6, 6.07) is 13.0. The van der Waals surface area contributed by atoms with Crippen LogP contribution in [0.15, 0.2) is 68.4 Å². The van der Waals surface area contributed by atoms with Gasteiger partial charge in [-0.1, -0.05) is 12.1 Å². The molecular formula is C19H17N7O3S. The van der Waals surface area contributed by atoms with E-state index in [9.17, 15) is 13.2 Å². The molecule has 0 atom stereocenters. The van der Waals surface area contributed by atoms with Gasteiger partial charge in [-0.3, -0.25) is 9.89 Å². The lowest BCUT2D eigenvalue weighted by Crippen LogP contribution is -2.11. The molecule has 2 aromatic heterocycles. The molecule has 4 aromatic rings. The lowest BCUT2D eigenvalue weighted by atomic mass is 10.3. The van der Waals surface area contributed by atoms with Crippen molar-refractivity contribution in [2.75, 3.05) is 0 Å². The van der Waals surface area contributed by atoms with Crippen LogP contribution in [0.3, 0.4) is 0 Å². The van der Waals surface area contributed by atoms with E-state index in [2.05, 4.69) is 25.3 Å². The van der Waals surface area contributed by atoms with Crippen LogP contribution in [0.25, 0.3) is 16.9 Å². The van der Waals surface area contributed by atoms with E-state index < -0.39 is 15.6 Å². The number of H-pyrrole nitrogens is 1. The van der Waals surface area contributed by atoms with E-state index in [0.29, 0.717) is 28.4 Å². The van der Waals surface area contributed by atoms with Gasteiger partial charge >= 0.3 is 0 Å². The number of rotatable bonds is 4. The van der Waals surface area contributed by atoms with Gasteiger partial charge in [0.05, 0.1) is 33.0 Å². The molecule has 0 radical (unpaired) electrons. The second-order valence-corrected chi connectivity index (χ2v) is 8.13. The molecule has 3 N–H and O–H groups in total. The van der Waals surface area contributed by atoms with Crippen LogP contribution in [0, 0.1) is 13.8 Å². The summed E-state index contributed by atoms with van der Waals surface area (Å²) in [5.74, 6) is 0.488. The van der Waals surface area contributed by atoms with Crippen LogP contribution in [0.2, 0.25) is 0 Å². The minimum absolute atomic E-state index is 0.0352. The monoisotopic (exact) mass is 423 g/mol. The maximum absolute atomic E-state index is 12.4. The molecule has 0 aliphatic carbocycles. The maximum atomic E-state index is 12.4. The number of nitrogens with one attached hydrogen (secondary N) is 1. The zero-order chi connectivity index (χ0) is 21.5. The lowest BCUT2D eigenvalue weighted by Gasteiger charge is -2.08. The Hall–Kier alpha value is -3.70. The number of aromatic amines is 1. The second kappa shape index (κ2) is 7.28. The minimum Gasteiger partial charge on any atom is -0.265 e. The number of hydrogen-bond acceptors (Lipinski definition) is 7. The molecular weight excluding hydrogens is 406 g/mol. The van der Waals surface area contributed by atoms with Crippen LogP contribution in [0.1, 0.15) is 11.4 Å². The molecule has 0 bridgehead atoms. The number of sulfonamides is 1. The summed E-state index contributed by atoms with van der Waals surface area (Å²) in [6.45, 7) is 3.52. The van der Waals surface area contributed by atoms with Crippen LogP contribution >= 0.6 is 0 Å². The Labute approximate surface area is 171 Å². The van der Waals surface area contributed by atoms with Crippen molar-refractivity contribution in [3.05, 3.63) is 70.3 Å². The molecule has 0 fully saturated rings. The fourth-order valence-electron chi connectivity index (χ4n) is 2.94. The first-order chi connectivity index (χ1) is 14.2. The summed E-state index contributed by atoms with van der Waals surface area (Å²) in [5, 5.41) is 15.8. The Balaban J connectivity index is 1.72. The molecule has 30 heavy (non-hydrogen) atoms. The summed E-state index contributed by atoms with van der Waals surface area (Å²) in [7, 11) is -3.79. The Morgan fingerprint density at radius 1 is 0.967 bits per heavy atom. The van der Waals surface area contributed by atoms with Crippen molar-refractivity contribution in [1.29, 1.82) is 0 Å². The third kappa shape index (κ3) is 3.63. The Kier molecular flexibility index (Phi) is 4.76. The van der Waals surface area contributed by atoms with E-state index >= 15 is 0 Å². The van der Waals surface area contributed by atoms with Crippen molar-refractivity contribution >= 4 is 32.4 Å². The number of nitrogens with zero attached hydrogens (tertiary/aromatic N) is 5. The van der Waals surface area contributed by atoms with Gasteiger partial charge in [-0.05, 0) is 50.2 Å². The summed E-state index contributed by atoms with van der Waals surface area (Å²) in [5.41, 5.74) is 2.66. The third-order valence-electron chi connectivity index (χ3n) is 4.47. The first kappa shape index (κ1) is 19.6. The molecule has 0 spiro atoms. The molecule has 0 aliphatic rings. The standard InChI is InChI=1S/C19H17N7O3S/c1-11-18(22-16-6-4-3-5-15(16)21-11)26-12(2)17(19(27)25-26)24-23-13-7-9-14(10-8-13)30(20,28)29/h3-10H,1-2H3,(H,25,27)(H2,20,28,29). The van der Waals surface area contributed by atoms with Gasteiger partial charge in [-0.25, -0.2) is 28.2 Å². The molecule has 10 nitrogen and oxygen atoms in total. The van der Waals surface area contributed by atoms with E-state index in [1.54, 1.807) is 13.8 Å². The number of benzene rings is 2. The van der Waals surface area contributed by atoms with E-state index in [0.717, 1.165) is 5.52 Å². The Bertz CT molecular complexity index is 1450. The number of azo groups is 1. The van der Waals surface area contributed by atoms with E-state index in [1.165, 1.54) is 28.9 Å². The van der Waals surface area contributed by atoms with Crippen molar-refractivity contribution in [3.63, 3.8) is 0 Å². The summed E-state index contributed by atoms with van der Waals surface area (Å²) < 4.78 is 24.2. The lowest BCUT2D eigenvalue weighted by molar-refractivity contribution is 0.598. The fourth-order valence-corrected chi connectivity index (χ4v) is 3.45. The average molecular weight is 423 g/mol. The largest absolute Gasteiger partial charge is 0.292 e. The second-order valence-electron chi connectivity index (χ2n) is 6.57. The molecule has 2 heterocycles. The zero-order valence-electron chi connectivity index (χ0n) is 16.1. The molecule has 0 saturated heterocycles. The van der Waals surface area contributed by atoms with Gasteiger partial charge in [0, 0.05) is 0 Å². The number of primary sulfonamides is 1. The van der Waals surface area contributed by atoms with Crippen LogP contribution in [0.5, 0.6) is 0 Å². The van der Waals surface area contributed by atoms with Gasteiger partial charge in [0.2, 0.25) is 10.0 Å². The first-order valence-corrected chi connectivity index (χ1v) is 10.4. The highest BCUT2D eigenvalue weighted by Gasteiger charge is 2.16. The predicted octanol–water partition coefficient (Wildman–Crippen LogP) is 2.79. The van der Waals surface area contributed by atoms with Crippen LogP contribution in [0.4, 0.5) is 11.4 Å². The summed E-state index contributed by atoms with van der Waals surface area (Å²) in [6.07, 6.45) is 0. The smallest absolute Gasteiger partial charge is 0.265 e. The van der Waals surface area contributed by atoms with Crippen LogP contribution in [-0.4, -0.2) is 28.2 Å². The Morgan fingerprint density at radius 3 is 2.23 bits per heavy atom. The molecule has 4 rings (SSSR count). The van der Waals surface area contributed by atoms with Gasteiger partial charge in [0.1, 0.15) is 0 Å². The van der Waals surface area contributed by atoms with Gasteiger partial charge < -0.3 is 0 Å². The van der Waals surface area contributed by atoms with E-state index in [4.69, 9.17) is 5.14 Å². The first-order valence-electron chi connectivity index (χ1n) is 8.84. The number of aromatic nitrogens is 4. The molecule has 0 aliphatic heterocycles. The predicted molar refractivity (Wildman–Crippen MR) is 111 cm³/mol. The van der Waals surface area contributed by atoms with Gasteiger partial charge in [-0.2, -0.15) is 5.11 Å². The quantitative estimate of drug-likeness (QED) is 0.484. The third-order valence-corrected chi connectivity index (χ3v) is 5.40. The number of para-hydroxylation sites is 2. The van der Waals surface area contributed by atoms with Crippen molar-refractivity contribution in [2.24, 2.45) is 15.4 Å². The molecule has 0 amide bonds.